The molecule has 0 bridgehead atoms. The lowest BCUT2D eigenvalue weighted by Gasteiger charge is -2.07. The van der Waals surface area contributed by atoms with Crippen LogP contribution in [0.1, 0.15) is 33.6 Å². The van der Waals surface area contributed by atoms with Gasteiger partial charge in [-0.15, -0.1) is 0 Å². The summed E-state index contributed by atoms with van der Waals surface area (Å²) in [6.45, 7) is 0. The van der Waals surface area contributed by atoms with Crippen molar-refractivity contribution in [1.29, 1.82) is 0 Å². The minimum Gasteiger partial charge on any atom is -0.294 e. The molecule has 0 aromatic heterocycles. The average molecular weight is 366 g/mol. The third-order valence-corrected chi connectivity index (χ3v) is 4.96. The Morgan fingerprint density at radius 1 is 0.536 bits per heavy atom. The van der Waals surface area contributed by atoms with Crippen LogP contribution >= 0.6 is 0 Å². The van der Waals surface area contributed by atoms with Gasteiger partial charge in [-0.1, -0.05) is 84.9 Å². The largest absolute Gasteiger partial charge is 0.294 e. The first-order chi connectivity index (χ1) is 13.6. The molecule has 136 valence electrons. The Morgan fingerprint density at radius 3 is 1.68 bits per heavy atom. The molecule has 0 aliphatic carbocycles. The molecule has 0 N–H and O–H groups in total. The Morgan fingerprint density at radius 2 is 1.04 bits per heavy atom. The SMILES string of the molecule is O=C(CCC(=O)c1cccc2ccccc12)C(=O)c1cccc2ccccc12. The molecule has 0 unspecified atom stereocenters. The van der Waals surface area contributed by atoms with Crippen LogP contribution in [0.2, 0.25) is 0 Å². The smallest absolute Gasteiger partial charge is 0.229 e. The van der Waals surface area contributed by atoms with Crippen LogP contribution in [0.25, 0.3) is 21.5 Å². The van der Waals surface area contributed by atoms with Crippen LogP contribution in [0.4, 0.5) is 0 Å². The summed E-state index contributed by atoms with van der Waals surface area (Å²) in [6, 6.07) is 26.0. The van der Waals surface area contributed by atoms with Gasteiger partial charge in [0.25, 0.3) is 0 Å². The van der Waals surface area contributed by atoms with E-state index in [2.05, 4.69) is 0 Å². The molecule has 0 atom stereocenters. The molecular weight excluding hydrogens is 348 g/mol. The van der Waals surface area contributed by atoms with Crippen LogP contribution < -0.4 is 0 Å². The highest BCUT2D eigenvalue weighted by Crippen LogP contribution is 2.22. The Kier molecular flexibility index (Phi) is 4.81. The molecule has 0 heterocycles. The van der Waals surface area contributed by atoms with E-state index in [1.807, 2.05) is 66.7 Å². The summed E-state index contributed by atoms with van der Waals surface area (Å²) in [4.78, 5) is 37.8. The van der Waals surface area contributed by atoms with Crippen molar-refractivity contribution in [1.82, 2.24) is 0 Å². The van der Waals surface area contributed by atoms with Crippen molar-refractivity contribution in [2.45, 2.75) is 12.8 Å². The summed E-state index contributed by atoms with van der Waals surface area (Å²) in [5.41, 5.74) is 0.976. The molecule has 0 aliphatic rings. The first kappa shape index (κ1) is 17.8. The van der Waals surface area contributed by atoms with Crippen molar-refractivity contribution in [3.8, 4) is 0 Å². The van der Waals surface area contributed by atoms with Crippen molar-refractivity contribution in [3.63, 3.8) is 0 Å². The topological polar surface area (TPSA) is 51.2 Å². The number of Topliss-reactive ketones (excluding diaryl/α,β-unsaturated/α-hetero) is 3. The molecule has 4 aromatic rings. The second-order valence-electron chi connectivity index (χ2n) is 6.73. The third kappa shape index (κ3) is 3.35. The van der Waals surface area contributed by atoms with Crippen molar-refractivity contribution in [3.05, 3.63) is 96.1 Å². The molecular formula is C25H18O3. The number of carbonyl (C=O) groups excluding carboxylic acids is 3. The maximum Gasteiger partial charge on any atom is 0.229 e. The van der Waals surface area contributed by atoms with E-state index in [9.17, 15) is 14.4 Å². The monoisotopic (exact) mass is 366 g/mol. The van der Waals surface area contributed by atoms with Crippen LogP contribution in [0.5, 0.6) is 0 Å². The van der Waals surface area contributed by atoms with Crippen molar-refractivity contribution in [2.75, 3.05) is 0 Å². The molecule has 3 heteroatoms. The van der Waals surface area contributed by atoms with E-state index in [4.69, 9.17) is 0 Å². The molecule has 28 heavy (non-hydrogen) atoms. The van der Waals surface area contributed by atoms with Crippen LogP contribution in [-0.4, -0.2) is 17.3 Å². The lowest BCUT2D eigenvalue weighted by molar-refractivity contribution is -0.115. The Hall–Kier alpha value is -3.59. The van der Waals surface area contributed by atoms with Gasteiger partial charge in [-0.25, -0.2) is 0 Å². The summed E-state index contributed by atoms with van der Waals surface area (Å²) >= 11 is 0. The molecule has 0 aliphatic heterocycles. The lowest BCUT2D eigenvalue weighted by Crippen LogP contribution is -2.16. The standard InChI is InChI=1S/C25H18O3/c26-23(21-13-5-9-17-7-1-3-11-19(17)21)15-16-24(27)25(28)22-14-6-10-18-8-2-4-12-20(18)22/h1-14H,15-16H2. The van der Waals surface area contributed by atoms with Crippen molar-refractivity contribution >= 4 is 38.9 Å². The maximum absolute atomic E-state index is 12.7. The van der Waals surface area contributed by atoms with Gasteiger partial charge in [-0.05, 0) is 21.5 Å². The first-order valence-corrected chi connectivity index (χ1v) is 9.21. The molecule has 0 radical (unpaired) electrons. The summed E-state index contributed by atoms with van der Waals surface area (Å²) < 4.78 is 0. The van der Waals surface area contributed by atoms with E-state index in [1.54, 1.807) is 18.2 Å². The minimum absolute atomic E-state index is 0.0172. The van der Waals surface area contributed by atoms with Crippen LogP contribution in [0.3, 0.4) is 0 Å². The number of fused-ring (bicyclic) bond motifs is 2. The molecule has 3 nitrogen and oxygen atoms in total. The second-order valence-corrected chi connectivity index (χ2v) is 6.73. The van der Waals surface area contributed by atoms with Gasteiger partial charge in [0.15, 0.2) is 5.78 Å². The van der Waals surface area contributed by atoms with Gasteiger partial charge in [0.05, 0.1) is 0 Å². The summed E-state index contributed by atoms with van der Waals surface area (Å²) in [7, 11) is 0. The van der Waals surface area contributed by atoms with E-state index < -0.39 is 11.6 Å². The molecule has 4 rings (SSSR count). The number of hydrogen-bond acceptors (Lipinski definition) is 3. The quantitative estimate of drug-likeness (QED) is 0.339. The van der Waals surface area contributed by atoms with Gasteiger partial charge in [0.2, 0.25) is 11.6 Å². The van der Waals surface area contributed by atoms with Gasteiger partial charge < -0.3 is 0 Å². The molecule has 0 saturated carbocycles. The Balaban J connectivity index is 1.52. The van der Waals surface area contributed by atoms with Gasteiger partial charge in [0, 0.05) is 24.0 Å². The molecule has 0 spiro atoms. The second kappa shape index (κ2) is 7.57. The maximum atomic E-state index is 12.7. The average Bonchev–Trinajstić information content (AvgIpc) is 2.76. The highest BCUT2D eigenvalue weighted by molar-refractivity contribution is 6.46. The zero-order chi connectivity index (χ0) is 19.5. The molecule has 0 fully saturated rings. The lowest BCUT2D eigenvalue weighted by atomic mass is 9.95. The minimum atomic E-state index is -0.539. The normalized spacial score (nSPS) is 10.9. The number of hydrogen-bond donors (Lipinski definition) is 0. The van der Waals surface area contributed by atoms with Crippen molar-refractivity contribution in [2.24, 2.45) is 0 Å². The van der Waals surface area contributed by atoms with Gasteiger partial charge in [-0.2, -0.15) is 0 Å². The fraction of sp³-hybridized carbons (Fsp3) is 0.0800. The van der Waals surface area contributed by atoms with Crippen LogP contribution in [0, 0.1) is 0 Å². The number of carbonyl (C=O) groups is 3. The number of rotatable bonds is 6. The van der Waals surface area contributed by atoms with Gasteiger partial charge in [-0.3, -0.25) is 14.4 Å². The third-order valence-electron chi connectivity index (χ3n) is 4.96. The summed E-state index contributed by atoms with van der Waals surface area (Å²) in [5, 5.41) is 3.51. The van der Waals surface area contributed by atoms with Crippen LogP contribution in [-0.2, 0) is 4.79 Å². The fourth-order valence-electron chi connectivity index (χ4n) is 3.52. The fourth-order valence-corrected chi connectivity index (χ4v) is 3.52. The van der Waals surface area contributed by atoms with E-state index in [-0.39, 0.29) is 18.6 Å². The zero-order valence-corrected chi connectivity index (χ0v) is 15.2. The Labute approximate surface area is 162 Å². The van der Waals surface area contributed by atoms with E-state index in [0.717, 1.165) is 21.5 Å². The number of benzene rings is 4. The Bertz CT molecular complexity index is 1210. The van der Waals surface area contributed by atoms with Gasteiger partial charge in [0.1, 0.15) is 0 Å². The molecule has 0 amide bonds. The predicted octanol–water partition coefficient (Wildman–Crippen LogP) is 5.41. The van der Waals surface area contributed by atoms with E-state index in [0.29, 0.717) is 11.1 Å². The summed E-state index contributed by atoms with van der Waals surface area (Å²) in [6.07, 6.45) is -0.0759. The van der Waals surface area contributed by atoms with Crippen LogP contribution in [0.15, 0.2) is 84.9 Å². The van der Waals surface area contributed by atoms with E-state index in [1.165, 1.54) is 0 Å². The molecule has 0 saturated heterocycles. The number of ketones is 3. The summed E-state index contributed by atoms with van der Waals surface area (Å²) in [5.74, 6) is -1.21. The highest BCUT2D eigenvalue weighted by atomic mass is 16.2. The predicted molar refractivity (Wildman–Crippen MR) is 111 cm³/mol. The molecule has 4 aromatic carbocycles. The highest BCUT2D eigenvalue weighted by Gasteiger charge is 2.20. The van der Waals surface area contributed by atoms with Crippen molar-refractivity contribution < 1.29 is 14.4 Å². The van der Waals surface area contributed by atoms with E-state index >= 15 is 0 Å². The zero-order valence-electron chi connectivity index (χ0n) is 15.2. The van der Waals surface area contributed by atoms with Gasteiger partial charge >= 0.3 is 0 Å². The first-order valence-electron chi connectivity index (χ1n) is 9.21.